The first-order valence-electron chi connectivity index (χ1n) is 10.5. The highest BCUT2D eigenvalue weighted by molar-refractivity contribution is 5.56. The third kappa shape index (κ3) is 3.82. The van der Waals surface area contributed by atoms with E-state index in [9.17, 15) is 8.78 Å². The van der Waals surface area contributed by atoms with Crippen LogP contribution in [-0.2, 0) is 0 Å². The fourth-order valence-corrected chi connectivity index (χ4v) is 3.97. The number of hydrogen-bond acceptors (Lipinski definition) is 6. The molecule has 5 rings (SSSR count). The average Bonchev–Trinajstić information content (AvgIpc) is 3.50. The summed E-state index contributed by atoms with van der Waals surface area (Å²) in [5, 5.41) is 3.28. The molecule has 0 amide bonds. The van der Waals surface area contributed by atoms with Crippen molar-refractivity contribution in [1.29, 1.82) is 0 Å². The monoisotopic (exact) mass is 412 g/mol. The molecule has 0 spiro atoms. The van der Waals surface area contributed by atoms with Crippen LogP contribution >= 0.6 is 0 Å². The maximum Gasteiger partial charge on any atom is 0.282 e. The van der Waals surface area contributed by atoms with Crippen molar-refractivity contribution in [3.8, 4) is 0 Å². The van der Waals surface area contributed by atoms with Crippen molar-refractivity contribution in [2.24, 2.45) is 0 Å². The van der Waals surface area contributed by atoms with E-state index in [-0.39, 0.29) is 19.0 Å². The standard InChI is InChI=1S/C22H26F2N6/c1-3-14(2)29-10-17(11-29)18-9-20(28-21(26-18)30-12-22(23,24)13-30)27-19-8-16(6-7-25-19)15-4-5-15/h3,6-9,15,17H,4-5,10-13H2,1-2H3,(H,25,26,27,28)/b14-3-. The number of hydrogen-bond donors (Lipinski definition) is 1. The molecule has 1 aliphatic carbocycles. The number of halogens is 2. The van der Waals surface area contributed by atoms with Crippen LogP contribution in [0.3, 0.4) is 0 Å². The normalized spacial score (nSPS) is 21.3. The molecule has 6 nitrogen and oxygen atoms in total. The number of aromatic nitrogens is 3. The van der Waals surface area contributed by atoms with E-state index in [0.717, 1.165) is 24.6 Å². The third-order valence-electron chi connectivity index (χ3n) is 6.17. The van der Waals surface area contributed by atoms with Crippen LogP contribution in [-0.4, -0.2) is 52.0 Å². The van der Waals surface area contributed by atoms with E-state index in [1.54, 1.807) is 6.20 Å². The van der Waals surface area contributed by atoms with Crippen LogP contribution in [0.15, 0.2) is 36.2 Å². The number of likely N-dealkylation sites (tertiary alicyclic amines) is 1. The number of nitrogens with zero attached hydrogens (tertiary/aromatic N) is 5. The highest BCUT2D eigenvalue weighted by atomic mass is 19.3. The number of anilines is 3. The van der Waals surface area contributed by atoms with E-state index in [1.807, 2.05) is 19.1 Å². The minimum Gasteiger partial charge on any atom is -0.374 e. The first-order valence-corrected chi connectivity index (χ1v) is 10.5. The van der Waals surface area contributed by atoms with Gasteiger partial charge in [-0.25, -0.2) is 18.7 Å². The predicted octanol–water partition coefficient (Wildman–Crippen LogP) is 4.27. The summed E-state index contributed by atoms with van der Waals surface area (Å²) in [5.41, 5.74) is 3.40. The molecule has 158 valence electrons. The van der Waals surface area contributed by atoms with E-state index in [0.29, 0.717) is 17.7 Å². The van der Waals surface area contributed by atoms with Gasteiger partial charge in [-0.05, 0) is 50.3 Å². The molecule has 30 heavy (non-hydrogen) atoms. The Balaban J connectivity index is 1.39. The zero-order valence-corrected chi connectivity index (χ0v) is 17.3. The molecular weight excluding hydrogens is 386 g/mol. The minimum atomic E-state index is -2.66. The largest absolute Gasteiger partial charge is 0.374 e. The molecule has 0 unspecified atom stereocenters. The van der Waals surface area contributed by atoms with Crippen molar-refractivity contribution in [3.63, 3.8) is 0 Å². The van der Waals surface area contributed by atoms with Crippen molar-refractivity contribution in [1.82, 2.24) is 19.9 Å². The van der Waals surface area contributed by atoms with Gasteiger partial charge < -0.3 is 15.1 Å². The number of alkyl halides is 2. The van der Waals surface area contributed by atoms with Gasteiger partial charge in [-0.3, -0.25) is 0 Å². The summed E-state index contributed by atoms with van der Waals surface area (Å²) in [6, 6.07) is 6.03. The number of pyridine rings is 1. The molecule has 0 aromatic carbocycles. The molecule has 8 heteroatoms. The quantitative estimate of drug-likeness (QED) is 0.765. The second-order valence-corrected chi connectivity index (χ2v) is 8.60. The summed E-state index contributed by atoms with van der Waals surface area (Å²) in [4.78, 5) is 17.4. The third-order valence-corrected chi connectivity index (χ3v) is 6.17. The molecule has 2 saturated heterocycles. The Hall–Kier alpha value is -2.77. The van der Waals surface area contributed by atoms with Crippen molar-refractivity contribution < 1.29 is 8.78 Å². The molecule has 4 heterocycles. The molecule has 2 aromatic rings. The Morgan fingerprint density at radius 2 is 1.90 bits per heavy atom. The Labute approximate surface area is 175 Å². The highest BCUT2D eigenvalue weighted by Gasteiger charge is 2.45. The topological polar surface area (TPSA) is 57.2 Å². The minimum absolute atomic E-state index is 0.259. The maximum absolute atomic E-state index is 13.4. The highest BCUT2D eigenvalue weighted by Crippen LogP contribution is 2.40. The molecule has 3 fully saturated rings. The lowest BCUT2D eigenvalue weighted by Crippen LogP contribution is -2.57. The molecule has 1 saturated carbocycles. The SMILES string of the molecule is C/C=C(/C)N1CC(c2cc(Nc3cc(C4CC4)ccn3)nc(N3CC(F)(F)C3)n2)C1. The van der Waals surface area contributed by atoms with Gasteiger partial charge in [0, 0.05) is 37.0 Å². The van der Waals surface area contributed by atoms with E-state index in [4.69, 9.17) is 0 Å². The van der Waals surface area contributed by atoms with Crippen LogP contribution in [0, 0.1) is 0 Å². The first kappa shape index (κ1) is 19.2. The smallest absolute Gasteiger partial charge is 0.282 e. The average molecular weight is 412 g/mol. The van der Waals surface area contributed by atoms with E-state index in [2.05, 4.69) is 44.2 Å². The Morgan fingerprint density at radius 1 is 1.13 bits per heavy atom. The lowest BCUT2D eigenvalue weighted by atomic mass is 9.95. The molecule has 3 aliphatic rings. The maximum atomic E-state index is 13.4. The fraction of sp³-hybridized carbons (Fsp3) is 0.500. The van der Waals surface area contributed by atoms with Crippen LogP contribution in [0.4, 0.5) is 26.4 Å². The van der Waals surface area contributed by atoms with Gasteiger partial charge in [-0.1, -0.05) is 6.08 Å². The number of rotatable bonds is 6. The van der Waals surface area contributed by atoms with Crippen molar-refractivity contribution in [2.45, 2.75) is 44.4 Å². The van der Waals surface area contributed by atoms with Crippen LogP contribution in [0.5, 0.6) is 0 Å². The van der Waals surface area contributed by atoms with Gasteiger partial charge in [0.1, 0.15) is 11.6 Å². The first-order chi connectivity index (χ1) is 14.4. The summed E-state index contributed by atoms with van der Waals surface area (Å²) in [6.45, 7) is 5.20. The van der Waals surface area contributed by atoms with E-state index in [1.165, 1.54) is 29.0 Å². The summed E-state index contributed by atoms with van der Waals surface area (Å²) < 4.78 is 26.9. The summed E-state index contributed by atoms with van der Waals surface area (Å²) in [5.74, 6) is -0.0844. The van der Waals surface area contributed by atoms with Crippen LogP contribution in [0.25, 0.3) is 0 Å². The van der Waals surface area contributed by atoms with Crippen molar-refractivity contribution in [2.75, 3.05) is 36.4 Å². The second-order valence-electron chi connectivity index (χ2n) is 8.60. The van der Waals surface area contributed by atoms with Crippen LogP contribution in [0.2, 0.25) is 0 Å². The van der Waals surface area contributed by atoms with Crippen molar-refractivity contribution >= 4 is 17.6 Å². The molecule has 1 N–H and O–H groups in total. The number of nitrogens with one attached hydrogen (secondary N) is 1. The summed E-state index contributed by atoms with van der Waals surface area (Å²) >= 11 is 0. The summed E-state index contributed by atoms with van der Waals surface area (Å²) in [6.07, 6.45) is 6.34. The van der Waals surface area contributed by atoms with E-state index < -0.39 is 5.92 Å². The van der Waals surface area contributed by atoms with Crippen LogP contribution < -0.4 is 10.2 Å². The molecule has 0 atom stereocenters. The van der Waals surface area contributed by atoms with Gasteiger partial charge in [0.05, 0.1) is 18.8 Å². The zero-order valence-electron chi connectivity index (χ0n) is 17.3. The predicted molar refractivity (Wildman–Crippen MR) is 112 cm³/mol. The van der Waals surface area contributed by atoms with Gasteiger partial charge >= 0.3 is 0 Å². The lowest BCUT2D eigenvalue weighted by molar-refractivity contribution is -0.0272. The zero-order chi connectivity index (χ0) is 20.9. The lowest BCUT2D eigenvalue weighted by Gasteiger charge is -2.42. The Kier molecular flexibility index (Phi) is 4.60. The van der Waals surface area contributed by atoms with Crippen molar-refractivity contribution in [3.05, 3.63) is 47.4 Å². The molecule has 0 bridgehead atoms. The van der Waals surface area contributed by atoms with E-state index >= 15 is 0 Å². The Bertz CT molecular complexity index is 973. The van der Waals surface area contributed by atoms with Crippen LogP contribution in [0.1, 0.15) is 49.8 Å². The van der Waals surface area contributed by atoms with Gasteiger partial charge in [0.2, 0.25) is 5.95 Å². The Morgan fingerprint density at radius 3 is 2.57 bits per heavy atom. The molecule has 2 aliphatic heterocycles. The van der Waals surface area contributed by atoms with Gasteiger partial charge in [0.25, 0.3) is 5.92 Å². The second kappa shape index (κ2) is 7.18. The summed E-state index contributed by atoms with van der Waals surface area (Å²) in [7, 11) is 0. The molecule has 2 aromatic heterocycles. The number of allylic oxidation sites excluding steroid dienone is 2. The van der Waals surface area contributed by atoms with Gasteiger partial charge in [-0.2, -0.15) is 4.98 Å². The van der Waals surface area contributed by atoms with Gasteiger partial charge in [0.15, 0.2) is 0 Å². The molecular formula is C22H26F2N6. The molecule has 0 radical (unpaired) electrons. The van der Waals surface area contributed by atoms with Gasteiger partial charge in [-0.15, -0.1) is 0 Å². The fourth-order valence-electron chi connectivity index (χ4n) is 3.97.